The van der Waals surface area contributed by atoms with Crippen molar-refractivity contribution in [3.8, 4) is 0 Å². The molecule has 1 saturated carbocycles. The van der Waals surface area contributed by atoms with Crippen LogP contribution in [0.3, 0.4) is 0 Å². The summed E-state index contributed by atoms with van der Waals surface area (Å²) in [5, 5.41) is 14.4. The lowest BCUT2D eigenvalue weighted by molar-refractivity contribution is -0.464. The van der Waals surface area contributed by atoms with Crippen LogP contribution in [-0.2, 0) is 0 Å². The topological polar surface area (TPSA) is 90.5 Å². The van der Waals surface area contributed by atoms with Crippen molar-refractivity contribution in [2.75, 3.05) is 0 Å². The Labute approximate surface area is 77.7 Å². The van der Waals surface area contributed by atoms with Gasteiger partial charge in [0.2, 0.25) is 0 Å². The first kappa shape index (κ1) is 9.83. The van der Waals surface area contributed by atoms with E-state index in [9.17, 15) is 5.21 Å². The summed E-state index contributed by atoms with van der Waals surface area (Å²) >= 11 is 0. The van der Waals surface area contributed by atoms with E-state index in [2.05, 4.69) is 5.10 Å². The molecule has 13 heavy (non-hydrogen) atoms. The van der Waals surface area contributed by atoms with Crippen molar-refractivity contribution >= 4 is 12.2 Å². The largest absolute Gasteiger partial charge is 0.722 e. The minimum atomic E-state index is -0.313. The third kappa shape index (κ3) is 3.31. The molecule has 0 unspecified atom stereocenters. The average molecular weight is 184 g/mol. The molecule has 74 valence electrons. The van der Waals surface area contributed by atoms with Crippen LogP contribution in [-0.4, -0.2) is 17.0 Å². The summed E-state index contributed by atoms with van der Waals surface area (Å²) in [6.45, 7) is 0. The Hall–Kier alpha value is -1.26. The molecule has 5 heteroatoms. The molecule has 0 aromatic rings. The summed E-state index contributed by atoms with van der Waals surface area (Å²) in [7, 11) is 0. The molecule has 1 aliphatic rings. The van der Waals surface area contributed by atoms with Gasteiger partial charge in [-0.3, -0.25) is 11.5 Å². The van der Waals surface area contributed by atoms with Crippen LogP contribution in [0.5, 0.6) is 0 Å². The van der Waals surface area contributed by atoms with Crippen LogP contribution in [0.2, 0.25) is 0 Å². The summed E-state index contributed by atoms with van der Waals surface area (Å²) in [6, 6.07) is 0. The van der Waals surface area contributed by atoms with Gasteiger partial charge in [0.1, 0.15) is 0 Å². The maximum absolute atomic E-state index is 10.8. The van der Waals surface area contributed by atoms with E-state index >= 15 is 0 Å². The van der Waals surface area contributed by atoms with Crippen molar-refractivity contribution in [3.63, 3.8) is 0 Å². The Morgan fingerprint density at radius 3 is 2.46 bits per heavy atom. The van der Waals surface area contributed by atoms with Gasteiger partial charge in [-0.05, 0) is 18.8 Å². The Bertz CT molecular complexity index is 214. The van der Waals surface area contributed by atoms with Crippen molar-refractivity contribution in [1.29, 1.82) is 0 Å². The molecule has 5 nitrogen and oxygen atoms in total. The highest BCUT2D eigenvalue weighted by atomic mass is 16.5. The van der Waals surface area contributed by atoms with E-state index in [1.165, 1.54) is 19.3 Å². The summed E-state index contributed by atoms with van der Waals surface area (Å²) in [5.41, 5.74) is 10.1. The average Bonchev–Trinajstić information content (AvgIpc) is 2.15. The number of hydrogen-bond donors (Lipinski definition) is 2. The van der Waals surface area contributed by atoms with Gasteiger partial charge in [-0.25, -0.2) is 0 Å². The zero-order valence-corrected chi connectivity index (χ0v) is 7.65. The number of nitrogens with two attached hydrogens (primary N) is 2. The van der Waals surface area contributed by atoms with Crippen LogP contribution < -0.4 is 11.5 Å². The maximum Gasteiger partial charge on any atom is 0.366 e. The van der Waals surface area contributed by atoms with Crippen LogP contribution >= 0.6 is 0 Å². The van der Waals surface area contributed by atoms with E-state index in [0.717, 1.165) is 12.8 Å². The Kier molecular flexibility index (Phi) is 3.54. The quantitative estimate of drug-likeness (QED) is 0.213. The highest BCUT2D eigenvalue weighted by Crippen LogP contribution is 2.21. The predicted molar refractivity (Wildman–Crippen MR) is 52.1 cm³/mol. The standard InChI is InChI=1S/C8H16N4O/c9-8(10)12(13)11-6-7-4-2-1-3-5-7/h6-7H,1-5,9-10H2/b11-6+. The van der Waals surface area contributed by atoms with E-state index in [0.29, 0.717) is 5.92 Å². The lowest BCUT2D eigenvalue weighted by atomic mass is 9.90. The van der Waals surface area contributed by atoms with Gasteiger partial charge in [-0.2, -0.15) is 0 Å². The van der Waals surface area contributed by atoms with Gasteiger partial charge in [0.25, 0.3) is 0 Å². The Morgan fingerprint density at radius 1 is 1.31 bits per heavy atom. The number of hydrogen-bond acceptors (Lipinski definition) is 2. The highest BCUT2D eigenvalue weighted by Gasteiger charge is 2.10. The predicted octanol–water partition coefficient (Wildman–Crippen LogP) is 0.336. The van der Waals surface area contributed by atoms with Crippen LogP contribution in [0.15, 0.2) is 5.10 Å². The normalized spacial score (nSPS) is 19.1. The fourth-order valence-corrected chi connectivity index (χ4v) is 1.50. The summed E-state index contributed by atoms with van der Waals surface area (Å²) < 4.78 is 0. The molecule has 0 heterocycles. The van der Waals surface area contributed by atoms with Crippen molar-refractivity contribution < 1.29 is 4.85 Å². The number of guanidine groups is 1. The van der Waals surface area contributed by atoms with Crippen molar-refractivity contribution in [2.45, 2.75) is 32.1 Å². The molecule has 4 N–H and O–H groups in total. The van der Waals surface area contributed by atoms with Gasteiger partial charge in [0.15, 0.2) is 0 Å². The second-order valence-electron chi connectivity index (χ2n) is 3.36. The first-order valence-electron chi connectivity index (χ1n) is 4.59. The molecule has 0 atom stereocenters. The summed E-state index contributed by atoms with van der Waals surface area (Å²) in [4.78, 5) is 0.259. The van der Waals surface area contributed by atoms with Crippen LogP contribution in [0.1, 0.15) is 32.1 Å². The number of nitrogens with zero attached hydrogens (tertiary/aromatic N) is 2. The second-order valence-corrected chi connectivity index (χ2v) is 3.36. The lowest BCUT2D eigenvalue weighted by Gasteiger charge is -2.16. The minimum Gasteiger partial charge on any atom is -0.722 e. The van der Waals surface area contributed by atoms with Crippen molar-refractivity contribution in [2.24, 2.45) is 22.5 Å². The summed E-state index contributed by atoms with van der Waals surface area (Å²) in [5.74, 6) is 0.108. The molecule has 0 aliphatic heterocycles. The first-order valence-corrected chi connectivity index (χ1v) is 4.59. The van der Waals surface area contributed by atoms with Crippen molar-refractivity contribution in [3.05, 3.63) is 5.21 Å². The van der Waals surface area contributed by atoms with Crippen LogP contribution in [0.4, 0.5) is 0 Å². The molecule has 1 fully saturated rings. The number of rotatable bonds is 2. The lowest BCUT2D eigenvalue weighted by Crippen LogP contribution is -2.30. The van der Waals surface area contributed by atoms with E-state index in [-0.39, 0.29) is 10.8 Å². The first-order chi connectivity index (χ1) is 6.20. The molecule has 0 amide bonds. The molecule has 0 aromatic carbocycles. The smallest absolute Gasteiger partial charge is 0.366 e. The van der Waals surface area contributed by atoms with E-state index in [1.54, 1.807) is 6.21 Å². The number of hydrazone groups is 1. The van der Waals surface area contributed by atoms with Crippen LogP contribution in [0, 0.1) is 11.1 Å². The minimum absolute atomic E-state index is 0.259. The van der Waals surface area contributed by atoms with Gasteiger partial charge >= 0.3 is 5.96 Å². The van der Waals surface area contributed by atoms with Gasteiger partial charge in [-0.1, -0.05) is 19.3 Å². The molecular formula is C8H16N4O. The van der Waals surface area contributed by atoms with Gasteiger partial charge in [0, 0.05) is 6.21 Å². The van der Waals surface area contributed by atoms with Crippen LogP contribution in [0.25, 0.3) is 0 Å². The third-order valence-electron chi connectivity index (χ3n) is 2.25. The second kappa shape index (κ2) is 4.69. The molecule has 0 aromatic heterocycles. The SMILES string of the molecule is NC(N)=[N+]([O-])/N=C/C1CCCCC1. The summed E-state index contributed by atoms with van der Waals surface area (Å²) in [6.07, 6.45) is 7.61. The Morgan fingerprint density at radius 2 is 1.92 bits per heavy atom. The van der Waals surface area contributed by atoms with E-state index < -0.39 is 0 Å². The molecule has 0 bridgehead atoms. The fourth-order valence-electron chi connectivity index (χ4n) is 1.50. The van der Waals surface area contributed by atoms with E-state index in [1.807, 2.05) is 0 Å². The third-order valence-corrected chi connectivity index (χ3v) is 2.25. The molecule has 1 rings (SSSR count). The van der Waals surface area contributed by atoms with Crippen molar-refractivity contribution in [1.82, 2.24) is 0 Å². The molecule has 0 radical (unpaired) electrons. The molecule has 0 saturated heterocycles. The zero-order chi connectivity index (χ0) is 9.68. The van der Waals surface area contributed by atoms with Gasteiger partial charge in [-0.15, -0.1) is 9.95 Å². The molecular weight excluding hydrogens is 168 g/mol. The highest BCUT2D eigenvalue weighted by molar-refractivity contribution is 5.70. The molecule has 1 aliphatic carbocycles. The van der Waals surface area contributed by atoms with Gasteiger partial charge < -0.3 is 5.21 Å². The maximum atomic E-state index is 10.8. The molecule has 0 spiro atoms. The van der Waals surface area contributed by atoms with Gasteiger partial charge in [0.05, 0.1) is 0 Å². The fraction of sp³-hybridized carbons (Fsp3) is 0.750. The van der Waals surface area contributed by atoms with E-state index in [4.69, 9.17) is 11.5 Å². The Balaban J connectivity index is 2.42. The zero-order valence-electron chi connectivity index (χ0n) is 7.65. The monoisotopic (exact) mass is 184 g/mol.